The normalized spacial score (nSPS) is 17.1. The van der Waals surface area contributed by atoms with Gasteiger partial charge in [-0.1, -0.05) is 12.1 Å². The molecule has 2 fully saturated rings. The lowest BCUT2D eigenvalue weighted by atomic mass is 10.1. The van der Waals surface area contributed by atoms with Gasteiger partial charge in [0.15, 0.2) is 0 Å². The first-order chi connectivity index (χ1) is 14.7. The van der Waals surface area contributed by atoms with Crippen LogP contribution < -0.4 is 19.9 Å². The number of anilines is 3. The number of urea groups is 1. The zero-order valence-corrected chi connectivity index (χ0v) is 18.6. The number of ether oxygens (including phenoxy) is 1. The second-order valence-corrected chi connectivity index (χ2v) is 8.90. The van der Waals surface area contributed by atoms with E-state index in [9.17, 15) is 4.79 Å². The molecule has 0 aliphatic carbocycles. The molecule has 0 spiro atoms. The molecule has 1 N–H and O–H groups in total. The molecule has 6 nitrogen and oxygen atoms in total. The monoisotopic (exact) mass is 426 g/mol. The van der Waals surface area contributed by atoms with Crippen molar-refractivity contribution in [2.45, 2.75) is 6.92 Å². The molecule has 2 amide bonds. The minimum absolute atomic E-state index is 0.0279. The summed E-state index contributed by atoms with van der Waals surface area (Å²) >= 11 is 2.01. The van der Waals surface area contributed by atoms with Crippen molar-refractivity contribution in [1.82, 2.24) is 4.90 Å². The number of nitrogens with zero attached hydrogens (tertiary/aromatic N) is 3. The van der Waals surface area contributed by atoms with Crippen LogP contribution in [0.4, 0.5) is 21.9 Å². The Kier molecular flexibility index (Phi) is 6.57. The van der Waals surface area contributed by atoms with Crippen molar-refractivity contribution in [1.29, 1.82) is 0 Å². The van der Waals surface area contributed by atoms with Crippen LogP contribution in [0.3, 0.4) is 0 Å². The maximum absolute atomic E-state index is 12.8. The Balaban J connectivity index is 1.34. The summed E-state index contributed by atoms with van der Waals surface area (Å²) in [4.78, 5) is 19.4. The van der Waals surface area contributed by atoms with E-state index in [1.54, 1.807) is 7.11 Å². The molecule has 2 aliphatic rings. The smallest absolute Gasteiger partial charge is 0.321 e. The third kappa shape index (κ3) is 4.61. The molecule has 0 atom stereocenters. The quantitative estimate of drug-likeness (QED) is 0.803. The second kappa shape index (κ2) is 9.51. The highest BCUT2D eigenvalue weighted by atomic mass is 32.2. The summed E-state index contributed by atoms with van der Waals surface area (Å²) < 4.78 is 5.48. The third-order valence-corrected chi connectivity index (χ3v) is 6.76. The zero-order valence-electron chi connectivity index (χ0n) is 17.8. The van der Waals surface area contributed by atoms with Crippen LogP contribution in [0.1, 0.15) is 5.56 Å². The standard InChI is InChI=1S/C23H30N4O2S/c1-18-17-19(25-13-15-30-16-14-25)7-8-20(18)24-23(28)27-11-9-26(10-12-27)21-5-3-4-6-22(21)29-2/h3-8,17H,9-16H2,1-2H3,(H,24,28). The summed E-state index contributed by atoms with van der Waals surface area (Å²) in [6.07, 6.45) is 0. The van der Waals surface area contributed by atoms with Gasteiger partial charge in [0.05, 0.1) is 12.8 Å². The van der Waals surface area contributed by atoms with Crippen molar-refractivity contribution < 1.29 is 9.53 Å². The van der Waals surface area contributed by atoms with Crippen molar-refractivity contribution in [3.05, 3.63) is 48.0 Å². The predicted octanol–water partition coefficient (Wildman–Crippen LogP) is 3.91. The van der Waals surface area contributed by atoms with Crippen LogP contribution in [-0.2, 0) is 0 Å². The van der Waals surface area contributed by atoms with Crippen LogP contribution in [0.2, 0.25) is 0 Å². The Morgan fingerprint density at radius 2 is 1.70 bits per heavy atom. The highest BCUT2D eigenvalue weighted by molar-refractivity contribution is 7.99. The minimum Gasteiger partial charge on any atom is -0.495 e. The Hall–Kier alpha value is -2.54. The molecule has 2 heterocycles. The molecule has 2 aromatic carbocycles. The fourth-order valence-electron chi connectivity index (χ4n) is 4.04. The lowest BCUT2D eigenvalue weighted by Gasteiger charge is -2.36. The van der Waals surface area contributed by atoms with Crippen LogP contribution in [-0.4, -0.2) is 68.8 Å². The molecule has 2 saturated heterocycles. The van der Waals surface area contributed by atoms with Crippen LogP contribution in [0, 0.1) is 6.92 Å². The third-order valence-electron chi connectivity index (χ3n) is 5.82. The molecule has 4 rings (SSSR count). The molecule has 0 saturated carbocycles. The number of aryl methyl sites for hydroxylation is 1. The summed E-state index contributed by atoms with van der Waals surface area (Å²) in [5.74, 6) is 3.23. The van der Waals surface area contributed by atoms with Gasteiger partial charge in [0.1, 0.15) is 5.75 Å². The van der Waals surface area contributed by atoms with E-state index in [-0.39, 0.29) is 6.03 Å². The van der Waals surface area contributed by atoms with Crippen molar-refractivity contribution in [2.24, 2.45) is 0 Å². The van der Waals surface area contributed by atoms with Gasteiger partial charge in [-0.15, -0.1) is 0 Å². The summed E-state index contributed by atoms with van der Waals surface area (Å²) in [5.41, 5.74) is 4.33. The summed E-state index contributed by atoms with van der Waals surface area (Å²) in [6, 6.07) is 14.4. The van der Waals surface area contributed by atoms with Crippen LogP contribution >= 0.6 is 11.8 Å². The van der Waals surface area contributed by atoms with E-state index < -0.39 is 0 Å². The molecule has 160 valence electrons. The molecular weight excluding hydrogens is 396 g/mol. The summed E-state index contributed by atoms with van der Waals surface area (Å²) in [6.45, 7) is 7.20. The number of thioether (sulfide) groups is 1. The van der Waals surface area contributed by atoms with E-state index >= 15 is 0 Å². The number of carbonyl (C=O) groups excluding carboxylic acids is 1. The van der Waals surface area contributed by atoms with E-state index in [4.69, 9.17) is 4.74 Å². The number of rotatable bonds is 4. The van der Waals surface area contributed by atoms with Gasteiger partial charge < -0.3 is 24.8 Å². The van der Waals surface area contributed by atoms with Crippen molar-refractivity contribution in [3.8, 4) is 5.75 Å². The first-order valence-corrected chi connectivity index (χ1v) is 11.7. The molecule has 2 aliphatic heterocycles. The molecular formula is C23H30N4O2S. The van der Waals surface area contributed by atoms with Crippen molar-refractivity contribution in [3.63, 3.8) is 0 Å². The van der Waals surface area contributed by atoms with Gasteiger partial charge in [0.2, 0.25) is 0 Å². The Labute approximate surface area is 183 Å². The van der Waals surface area contributed by atoms with E-state index in [0.29, 0.717) is 13.1 Å². The average Bonchev–Trinajstić information content (AvgIpc) is 2.81. The van der Waals surface area contributed by atoms with Crippen LogP contribution in [0.5, 0.6) is 5.75 Å². The number of amides is 2. The van der Waals surface area contributed by atoms with Crippen molar-refractivity contribution in [2.75, 3.05) is 73.0 Å². The van der Waals surface area contributed by atoms with Crippen LogP contribution in [0.25, 0.3) is 0 Å². The topological polar surface area (TPSA) is 48.1 Å². The predicted molar refractivity (Wildman–Crippen MR) is 127 cm³/mol. The molecule has 30 heavy (non-hydrogen) atoms. The van der Waals surface area contributed by atoms with E-state index in [2.05, 4.69) is 40.2 Å². The van der Waals surface area contributed by atoms with Crippen LogP contribution in [0.15, 0.2) is 42.5 Å². The molecule has 2 aromatic rings. The Morgan fingerprint density at radius 1 is 0.967 bits per heavy atom. The summed E-state index contributed by atoms with van der Waals surface area (Å²) in [7, 11) is 1.69. The SMILES string of the molecule is COc1ccccc1N1CCN(C(=O)Nc2ccc(N3CCSCC3)cc2C)CC1. The lowest BCUT2D eigenvalue weighted by molar-refractivity contribution is 0.208. The maximum atomic E-state index is 12.8. The molecule has 0 aromatic heterocycles. The van der Waals surface area contributed by atoms with Gasteiger partial charge >= 0.3 is 6.03 Å². The number of hydrogen-bond acceptors (Lipinski definition) is 5. The molecule has 0 unspecified atom stereocenters. The molecule has 7 heteroatoms. The highest BCUT2D eigenvalue weighted by Crippen LogP contribution is 2.29. The van der Waals surface area contributed by atoms with Gasteiger partial charge in [-0.25, -0.2) is 4.79 Å². The molecule has 0 bridgehead atoms. The average molecular weight is 427 g/mol. The highest BCUT2D eigenvalue weighted by Gasteiger charge is 2.23. The number of para-hydroxylation sites is 2. The van der Waals surface area contributed by atoms with E-state index in [0.717, 1.165) is 48.9 Å². The number of methoxy groups -OCH3 is 1. The van der Waals surface area contributed by atoms with Gasteiger partial charge in [-0.2, -0.15) is 11.8 Å². The van der Waals surface area contributed by atoms with Gasteiger partial charge in [-0.3, -0.25) is 0 Å². The second-order valence-electron chi connectivity index (χ2n) is 7.67. The largest absolute Gasteiger partial charge is 0.495 e. The fraction of sp³-hybridized carbons (Fsp3) is 0.435. The van der Waals surface area contributed by atoms with Gasteiger partial charge in [0.25, 0.3) is 0 Å². The lowest BCUT2D eigenvalue weighted by Crippen LogP contribution is -2.50. The zero-order chi connectivity index (χ0) is 20.9. The van der Waals surface area contributed by atoms with E-state index in [1.165, 1.54) is 17.2 Å². The van der Waals surface area contributed by atoms with Gasteiger partial charge in [0, 0.05) is 62.1 Å². The first kappa shape index (κ1) is 20.7. The number of benzene rings is 2. The summed E-state index contributed by atoms with van der Waals surface area (Å²) in [5, 5.41) is 3.11. The number of hydrogen-bond donors (Lipinski definition) is 1. The molecule has 0 radical (unpaired) electrons. The van der Waals surface area contributed by atoms with Gasteiger partial charge in [-0.05, 0) is 42.8 Å². The Bertz CT molecular complexity index is 877. The Morgan fingerprint density at radius 3 is 2.40 bits per heavy atom. The maximum Gasteiger partial charge on any atom is 0.321 e. The van der Waals surface area contributed by atoms with E-state index in [1.807, 2.05) is 40.9 Å². The number of carbonyl (C=O) groups is 1. The number of nitrogens with one attached hydrogen (secondary N) is 1. The fourth-order valence-corrected chi connectivity index (χ4v) is 4.95. The van der Waals surface area contributed by atoms with Crippen molar-refractivity contribution >= 4 is 34.9 Å². The minimum atomic E-state index is -0.0279. The number of piperazine rings is 1. The first-order valence-electron chi connectivity index (χ1n) is 10.5.